The Morgan fingerprint density at radius 3 is 2.78 bits per heavy atom. The van der Waals surface area contributed by atoms with Crippen LogP contribution in [0.1, 0.15) is 28.8 Å². The van der Waals surface area contributed by atoms with E-state index in [1.54, 1.807) is 29.2 Å². The Kier molecular flexibility index (Phi) is 3.54. The fraction of sp³-hybridized carbons (Fsp3) is 0.316. The summed E-state index contributed by atoms with van der Waals surface area (Å²) in [6, 6.07) is 2.94. The summed E-state index contributed by atoms with van der Waals surface area (Å²) >= 11 is 6.19. The number of imidazole rings is 1. The number of pyridine rings is 2. The van der Waals surface area contributed by atoms with E-state index >= 15 is 0 Å². The summed E-state index contributed by atoms with van der Waals surface area (Å²) in [4.78, 5) is 20.1. The normalized spacial score (nSPS) is 28.9. The van der Waals surface area contributed by atoms with Crippen molar-refractivity contribution in [2.75, 3.05) is 0 Å². The van der Waals surface area contributed by atoms with Crippen LogP contribution in [0.15, 0.2) is 43.2 Å². The second-order valence-corrected chi connectivity index (χ2v) is 7.85. The molecule has 0 radical (unpaired) electrons. The van der Waals surface area contributed by atoms with Crippen LogP contribution < -0.4 is 5.32 Å². The first kappa shape index (κ1) is 16.6. The summed E-state index contributed by atoms with van der Waals surface area (Å²) < 4.78 is 15.0. The lowest BCUT2D eigenvalue weighted by molar-refractivity contribution is 0.0289. The van der Waals surface area contributed by atoms with E-state index in [1.807, 2.05) is 0 Å². The smallest absolute Gasteiger partial charge is 0.253 e. The Bertz CT molecular complexity index is 1060. The van der Waals surface area contributed by atoms with Crippen LogP contribution in [0.25, 0.3) is 5.52 Å². The van der Waals surface area contributed by atoms with Crippen molar-refractivity contribution >= 4 is 23.0 Å². The molecule has 0 saturated heterocycles. The van der Waals surface area contributed by atoms with Crippen molar-refractivity contribution in [2.24, 2.45) is 11.8 Å². The largest absolute Gasteiger partial charge is 0.385 e. The molecule has 3 heterocycles. The molecule has 6 nitrogen and oxygen atoms in total. The van der Waals surface area contributed by atoms with Crippen LogP contribution in [-0.4, -0.2) is 31.4 Å². The van der Waals surface area contributed by atoms with E-state index in [4.69, 9.17) is 11.6 Å². The van der Waals surface area contributed by atoms with Gasteiger partial charge in [-0.25, -0.2) is 9.37 Å². The minimum atomic E-state index is -0.997. The van der Waals surface area contributed by atoms with E-state index in [0.29, 0.717) is 17.9 Å². The molecule has 0 aromatic carbocycles. The van der Waals surface area contributed by atoms with Crippen LogP contribution in [-0.2, 0) is 5.60 Å². The number of halogens is 2. The summed E-state index contributed by atoms with van der Waals surface area (Å²) in [5.74, 6) is -0.519. The Morgan fingerprint density at radius 1 is 1.26 bits per heavy atom. The molecule has 5 rings (SSSR count). The van der Waals surface area contributed by atoms with Crippen molar-refractivity contribution in [3.05, 3.63) is 65.2 Å². The molecule has 1 amide bonds. The number of hydrogen-bond acceptors (Lipinski definition) is 4. The zero-order chi connectivity index (χ0) is 18.8. The fourth-order valence-electron chi connectivity index (χ4n) is 4.44. The third-order valence-corrected chi connectivity index (χ3v) is 5.94. The number of fused-ring (bicyclic) bond motifs is 2. The van der Waals surface area contributed by atoms with Gasteiger partial charge in [0.25, 0.3) is 5.91 Å². The zero-order valence-corrected chi connectivity index (χ0v) is 14.9. The number of carbonyl (C=O) groups is 1. The SMILES string of the molecule is O=C(NC1C2CC(O)(c3cc(Cl)cn4cncc34)CC21)c1cncc(F)c1. The van der Waals surface area contributed by atoms with E-state index in [0.717, 1.165) is 17.3 Å². The van der Waals surface area contributed by atoms with Crippen LogP contribution in [0.5, 0.6) is 0 Å². The van der Waals surface area contributed by atoms with E-state index in [9.17, 15) is 14.3 Å². The van der Waals surface area contributed by atoms with Gasteiger partial charge in [0.05, 0.1) is 40.4 Å². The second kappa shape index (κ2) is 5.74. The molecule has 3 aromatic rings. The standard InChI is InChI=1S/C19H16ClFN4O2/c20-11-2-15(16-7-23-9-25(16)8-11)19(27)3-13-14(4-19)17(13)24-18(26)10-1-12(21)6-22-5-10/h1-2,5-9,13-14,17,27H,3-4H2,(H,24,26). The Labute approximate surface area is 159 Å². The topological polar surface area (TPSA) is 79.5 Å². The minimum Gasteiger partial charge on any atom is -0.385 e. The molecule has 3 aromatic heterocycles. The van der Waals surface area contributed by atoms with Crippen molar-refractivity contribution in [1.29, 1.82) is 0 Å². The molecule has 138 valence electrons. The van der Waals surface area contributed by atoms with E-state index in [2.05, 4.69) is 15.3 Å². The van der Waals surface area contributed by atoms with Gasteiger partial charge in [-0.15, -0.1) is 0 Å². The van der Waals surface area contributed by atoms with Crippen LogP contribution >= 0.6 is 11.6 Å². The number of aromatic nitrogens is 3. The Morgan fingerprint density at radius 2 is 2.04 bits per heavy atom. The van der Waals surface area contributed by atoms with Gasteiger partial charge >= 0.3 is 0 Å². The molecule has 0 spiro atoms. The molecular weight excluding hydrogens is 371 g/mol. The first-order valence-electron chi connectivity index (χ1n) is 8.70. The highest BCUT2D eigenvalue weighted by Crippen LogP contribution is 2.60. The fourth-order valence-corrected chi connectivity index (χ4v) is 4.65. The molecule has 2 atom stereocenters. The number of nitrogens with zero attached hydrogens (tertiary/aromatic N) is 3. The maximum absolute atomic E-state index is 13.2. The first-order valence-corrected chi connectivity index (χ1v) is 9.08. The van der Waals surface area contributed by atoms with Gasteiger partial charge in [0.2, 0.25) is 0 Å². The molecule has 8 heteroatoms. The lowest BCUT2D eigenvalue weighted by Crippen LogP contribution is -2.33. The summed E-state index contributed by atoms with van der Waals surface area (Å²) in [5.41, 5.74) is 0.795. The summed E-state index contributed by atoms with van der Waals surface area (Å²) in [7, 11) is 0. The molecule has 0 aliphatic heterocycles. The highest BCUT2D eigenvalue weighted by atomic mass is 35.5. The molecule has 0 bridgehead atoms. The monoisotopic (exact) mass is 386 g/mol. The zero-order valence-electron chi connectivity index (χ0n) is 14.1. The average molecular weight is 387 g/mol. The number of aliphatic hydroxyl groups is 1. The molecule has 2 aliphatic rings. The summed E-state index contributed by atoms with van der Waals surface area (Å²) in [6.45, 7) is 0. The van der Waals surface area contributed by atoms with Gasteiger partial charge in [-0.05, 0) is 36.8 Å². The van der Waals surface area contributed by atoms with Crippen molar-refractivity contribution < 1.29 is 14.3 Å². The predicted octanol–water partition coefficient (Wildman–Crippen LogP) is 2.55. The second-order valence-electron chi connectivity index (χ2n) is 7.42. The Hall–Kier alpha value is -2.51. The van der Waals surface area contributed by atoms with Crippen LogP contribution in [0.4, 0.5) is 4.39 Å². The average Bonchev–Trinajstić information content (AvgIpc) is 3.01. The highest BCUT2D eigenvalue weighted by molar-refractivity contribution is 6.30. The molecular formula is C19H16ClFN4O2. The number of carbonyl (C=O) groups excluding carboxylic acids is 1. The van der Waals surface area contributed by atoms with Crippen molar-refractivity contribution in [3.63, 3.8) is 0 Å². The van der Waals surface area contributed by atoms with Crippen molar-refractivity contribution in [3.8, 4) is 0 Å². The van der Waals surface area contributed by atoms with Crippen molar-refractivity contribution in [2.45, 2.75) is 24.5 Å². The lowest BCUT2D eigenvalue weighted by Gasteiger charge is -2.27. The first-order chi connectivity index (χ1) is 12.9. The lowest BCUT2D eigenvalue weighted by atomic mass is 9.88. The summed E-state index contributed by atoms with van der Waals surface area (Å²) in [5, 5.41) is 14.7. The van der Waals surface area contributed by atoms with E-state index in [-0.39, 0.29) is 29.3 Å². The predicted molar refractivity (Wildman–Crippen MR) is 95.8 cm³/mol. The number of rotatable bonds is 3. The number of nitrogens with one attached hydrogen (secondary N) is 1. The molecule has 2 aliphatic carbocycles. The van der Waals surface area contributed by atoms with Gasteiger partial charge in [0.15, 0.2) is 0 Å². The Balaban J connectivity index is 1.33. The third-order valence-electron chi connectivity index (χ3n) is 5.73. The van der Waals surface area contributed by atoms with Gasteiger partial charge in [-0.3, -0.25) is 9.78 Å². The van der Waals surface area contributed by atoms with Gasteiger partial charge in [-0.2, -0.15) is 0 Å². The quantitative estimate of drug-likeness (QED) is 0.725. The maximum Gasteiger partial charge on any atom is 0.253 e. The van der Waals surface area contributed by atoms with Gasteiger partial charge in [0, 0.05) is 24.0 Å². The van der Waals surface area contributed by atoms with E-state index < -0.39 is 11.4 Å². The molecule has 27 heavy (non-hydrogen) atoms. The molecule has 2 saturated carbocycles. The summed E-state index contributed by atoms with van der Waals surface area (Å²) in [6.07, 6.45) is 8.59. The van der Waals surface area contributed by atoms with Crippen LogP contribution in [0.3, 0.4) is 0 Å². The highest BCUT2D eigenvalue weighted by Gasteiger charge is 2.62. The minimum absolute atomic E-state index is 0.0128. The number of hydrogen-bond donors (Lipinski definition) is 2. The molecule has 2 unspecified atom stereocenters. The number of amides is 1. The van der Waals surface area contributed by atoms with Crippen molar-refractivity contribution in [1.82, 2.24) is 19.7 Å². The van der Waals surface area contributed by atoms with Gasteiger partial charge < -0.3 is 14.8 Å². The van der Waals surface area contributed by atoms with Gasteiger partial charge in [-0.1, -0.05) is 11.6 Å². The van der Waals surface area contributed by atoms with Crippen LogP contribution in [0.2, 0.25) is 5.02 Å². The third kappa shape index (κ3) is 2.69. The van der Waals surface area contributed by atoms with Gasteiger partial charge in [0.1, 0.15) is 5.82 Å². The maximum atomic E-state index is 13.2. The molecule has 2 N–H and O–H groups in total. The van der Waals surface area contributed by atoms with Crippen LogP contribution in [0, 0.1) is 17.7 Å². The van der Waals surface area contributed by atoms with E-state index in [1.165, 1.54) is 12.3 Å². The molecule has 2 fully saturated rings.